The van der Waals surface area contributed by atoms with Crippen molar-refractivity contribution in [3.8, 4) is 0 Å². The number of aryl methyl sites for hydroxylation is 2. The Morgan fingerprint density at radius 1 is 0.795 bits per heavy atom. The van der Waals surface area contributed by atoms with Gasteiger partial charge in [0.2, 0.25) is 11.8 Å². The van der Waals surface area contributed by atoms with Crippen molar-refractivity contribution in [2.75, 3.05) is 17.4 Å². The van der Waals surface area contributed by atoms with E-state index in [0.717, 1.165) is 37.5 Å². The highest BCUT2D eigenvalue weighted by Gasteiger charge is 2.34. The van der Waals surface area contributed by atoms with Crippen molar-refractivity contribution in [1.29, 1.82) is 0 Å². The first-order valence-corrected chi connectivity index (χ1v) is 16.8. The summed E-state index contributed by atoms with van der Waals surface area (Å²) in [6, 6.07) is 29.7. The van der Waals surface area contributed by atoms with E-state index in [4.69, 9.17) is 0 Å². The summed E-state index contributed by atoms with van der Waals surface area (Å²) in [4.78, 5) is 29.7. The maximum absolute atomic E-state index is 14.4. The van der Waals surface area contributed by atoms with Gasteiger partial charge in [-0.05, 0) is 67.8 Å². The van der Waals surface area contributed by atoms with E-state index in [-0.39, 0.29) is 23.8 Å². The third-order valence-corrected chi connectivity index (χ3v) is 9.61. The first-order chi connectivity index (χ1) is 21.1. The molecule has 0 aliphatic carbocycles. The van der Waals surface area contributed by atoms with Crippen LogP contribution in [-0.4, -0.2) is 44.3 Å². The van der Waals surface area contributed by atoms with Crippen molar-refractivity contribution in [2.45, 2.75) is 51.1 Å². The largest absolute Gasteiger partial charge is 0.354 e. The van der Waals surface area contributed by atoms with Crippen LogP contribution in [-0.2, 0) is 32.6 Å². The summed E-state index contributed by atoms with van der Waals surface area (Å²) in [7, 11) is -4.14. The second kappa shape index (κ2) is 15.2. The number of carbonyl (C=O) groups excluding carboxylic acids is 2. The van der Waals surface area contributed by atoms with Gasteiger partial charge in [-0.2, -0.15) is 0 Å². The average molecular weight is 677 g/mol. The molecule has 0 radical (unpaired) electrons. The fraction of sp³-hybridized carbons (Fsp3) is 0.257. The van der Waals surface area contributed by atoms with Crippen LogP contribution in [0.4, 0.5) is 5.69 Å². The lowest BCUT2D eigenvalue weighted by Gasteiger charge is -2.34. The Bertz CT molecular complexity index is 1640. The monoisotopic (exact) mass is 675 g/mol. The third kappa shape index (κ3) is 8.57. The Labute approximate surface area is 269 Å². The molecule has 0 heterocycles. The van der Waals surface area contributed by atoms with Crippen molar-refractivity contribution in [3.05, 3.63) is 130 Å². The van der Waals surface area contributed by atoms with E-state index in [9.17, 15) is 18.0 Å². The van der Waals surface area contributed by atoms with E-state index < -0.39 is 28.5 Å². The molecule has 0 bridgehead atoms. The van der Waals surface area contributed by atoms with Crippen LogP contribution in [0.5, 0.6) is 0 Å². The SMILES string of the molecule is CCCNC(=O)[C@H](Cc1ccccc1)N(Cc1ccc(C)cc1)C(=O)CN(c1ccc(Br)cc1)S(=O)(=O)c1ccc(C)cc1. The number of carbonyl (C=O) groups is 2. The smallest absolute Gasteiger partial charge is 0.264 e. The predicted molar refractivity (Wildman–Crippen MR) is 179 cm³/mol. The van der Waals surface area contributed by atoms with Gasteiger partial charge < -0.3 is 10.2 Å². The lowest BCUT2D eigenvalue weighted by atomic mass is 10.0. The normalized spacial score (nSPS) is 11.9. The van der Waals surface area contributed by atoms with Crippen molar-refractivity contribution in [3.63, 3.8) is 0 Å². The Kier molecular flexibility index (Phi) is 11.4. The minimum absolute atomic E-state index is 0.0745. The molecule has 0 saturated heterocycles. The van der Waals surface area contributed by atoms with E-state index in [1.165, 1.54) is 4.90 Å². The van der Waals surface area contributed by atoms with Crippen LogP contribution in [0.15, 0.2) is 112 Å². The summed E-state index contributed by atoms with van der Waals surface area (Å²) >= 11 is 3.41. The molecule has 4 rings (SSSR count). The van der Waals surface area contributed by atoms with Gasteiger partial charge in [-0.1, -0.05) is 101 Å². The van der Waals surface area contributed by atoms with E-state index in [0.29, 0.717) is 12.2 Å². The van der Waals surface area contributed by atoms with E-state index in [1.54, 1.807) is 48.5 Å². The Hall–Kier alpha value is -3.95. The topological polar surface area (TPSA) is 86.8 Å². The van der Waals surface area contributed by atoms with Crippen molar-refractivity contribution < 1.29 is 18.0 Å². The zero-order valence-corrected chi connectivity index (χ0v) is 27.6. The summed E-state index contributed by atoms with van der Waals surface area (Å²) in [6.07, 6.45) is 1.01. The van der Waals surface area contributed by atoms with Crippen molar-refractivity contribution >= 4 is 43.5 Å². The number of nitrogens with one attached hydrogen (secondary N) is 1. The maximum atomic E-state index is 14.4. The number of hydrogen-bond donors (Lipinski definition) is 1. The molecule has 0 saturated carbocycles. The number of rotatable bonds is 13. The van der Waals surface area contributed by atoms with Crippen LogP contribution in [0.25, 0.3) is 0 Å². The van der Waals surface area contributed by atoms with Gasteiger partial charge in [0.05, 0.1) is 10.6 Å². The summed E-state index contributed by atoms with van der Waals surface area (Å²) in [5.41, 5.74) is 4.05. The van der Waals surface area contributed by atoms with Crippen LogP contribution in [0.3, 0.4) is 0 Å². The number of amides is 2. The molecule has 0 aliphatic rings. The molecule has 9 heteroatoms. The summed E-state index contributed by atoms with van der Waals surface area (Å²) in [6.45, 7) is 5.93. The summed E-state index contributed by atoms with van der Waals surface area (Å²) < 4.78 is 30.1. The molecule has 1 N–H and O–H groups in total. The molecule has 0 aromatic heterocycles. The first-order valence-electron chi connectivity index (χ1n) is 14.6. The van der Waals surface area contributed by atoms with Crippen LogP contribution in [0.1, 0.15) is 35.6 Å². The highest BCUT2D eigenvalue weighted by molar-refractivity contribution is 9.10. The molecule has 0 aliphatic heterocycles. The maximum Gasteiger partial charge on any atom is 0.264 e. The van der Waals surface area contributed by atoms with Crippen LogP contribution >= 0.6 is 15.9 Å². The highest BCUT2D eigenvalue weighted by atomic mass is 79.9. The van der Waals surface area contributed by atoms with E-state index in [2.05, 4.69) is 21.2 Å². The number of anilines is 1. The van der Waals surface area contributed by atoms with E-state index in [1.807, 2.05) is 75.4 Å². The van der Waals surface area contributed by atoms with Crippen molar-refractivity contribution in [2.24, 2.45) is 0 Å². The minimum Gasteiger partial charge on any atom is -0.354 e. The Morgan fingerprint density at radius 2 is 1.39 bits per heavy atom. The van der Waals surface area contributed by atoms with Crippen LogP contribution in [0.2, 0.25) is 0 Å². The van der Waals surface area contributed by atoms with Crippen LogP contribution < -0.4 is 9.62 Å². The Balaban J connectivity index is 1.78. The number of benzene rings is 4. The summed E-state index contributed by atoms with van der Waals surface area (Å²) in [5.74, 6) is -0.774. The van der Waals surface area contributed by atoms with Gasteiger partial charge in [-0.3, -0.25) is 13.9 Å². The average Bonchev–Trinajstić information content (AvgIpc) is 3.02. The molecular formula is C35H38BrN3O4S. The van der Waals surface area contributed by atoms with Crippen molar-refractivity contribution in [1.82, 2.24) is 10.2 Å². The fourth-order valence-electron chi connectivity index (χ4n) is 4.78. The lowest BCUT2D eigenvalue weighted by Crippen LogP contribution is -2.53. The van der Waals surface area contributed by atoms with Gasteiger partial charge in [0.15, 0.2) is 0 Å². The van der Waals surface area contributed by atoms with Gasteiger partial charge in [0.1, 0.15) is 12.6 Å². The number of hydrogen-bond acceptors (Lipinski definition) is 4. The van der Waals surface area contributed by atoms with Crippen LogP contribution in [0, 0.1) is 13.8 Å². The molecule has 1 atom stereocenters. The third-order valence-electron chi connectivity index (χ3n) is 7.30. The second-order valence-electron chi connectivity index (χ2n) is 10.8. The molecule has 2 amide bonds. The molecule has 0 spiro atoms. The first kappa shape index (κ1) is 33.0. The minimum atomic E-state index is -4.14. The molecule has 7 nitrogen and oxygen atoms in total. The van der Waals surface area contributed by atoms with Gasteiger partial charge in [-0.15, -0.1) is 0 Å². The standard InChI is InChI=1S/C35H38BrN3O4S/c1-4-22-37-35(41)33(23-28-8-6-5-7-9-28)38(24-29-14-10-26(2)11-15-29)34(40)25-39(31-18-16-30(36)17-19-31)44(42,43)32-20-12-27(3)13-21-32/h5-21,33H,4,22-25H2,1-3H3,(H,37,41)/t33-/m0/s1. The number of sulfonamides is 1. The fourth-order valence-corrected chi connectivity index (χ4v) is 6.46. The zero-order valence-electron chi connectivity index (χ0n) is 25.2. The molecule has 44 heavy (non-hydrogen) atoms. The van der Waals surface area contributed by atoms with Gasteiger partial charge in [-0.25, -0.2) is 8.42 Å². The molecular weight excluding hydrogens is 638 g/mol. The molecule has 0 unspecified atom stereocenters. The molecule has 230 valence electrons. The van der Waals surface area contributed by atoms with E-state index >= 15 is 0 Å². The Morgan fingerprint density at radius 3 is 1.98 bits per heavy atom. The highest BCUT2D eigenvalue weighted by Crippen LogP contribution is 2.27. The molecule has 4 aromatic carbocycles. The van der Waals surface area contributed by atoms with Gasteiger partial charge in [0, 0.05) is 24.0 Å². The second-order valence-corrected chi connectivity index (χ2v) is 13.6. The predicted octanol–water partition coefficient (Wildman–Crippen LogP) is 6.43. The number of nitrogens with zero attached hydrogens (tertiary/aromatic N) is 2. The quantitative estimate of drug-likeness (QED) is 0.177. The summed E-state index contributed by atoms with van der Waals surface area (Å²) in [5, 5.41) is 2.97. The van der Waals surface area contributed by atoms with Gasteiger partial charge in [0.25, 0.3) is 10.0 Å². The zero-order chi connectivity index (χ0) is 31.7. The number of halogens is 1. The molecule has 0 fully saturated rings. The molecule has 4 aromatic rings. The van der Waals surface area contributed by atoms with Gasteiger partial charge >= 0.3 is 0 Å². The lowest BCUT2D eigenvalue weighted by molar-refractivity contribution is -0.140.